The fraction of sp³-hybridized carbons (Fsp3) is 0.778. The van der Waals surface area contributed by atoms with Crippen LogP contribution in [0.15, 0.2) is 0 Å². The van der Waals surface area contributed by atoms with Crippen molar-refractivity contribution in [3.05, 3.63) is 0 Å². The number of sulfonamides is 1. The van der Waals surface area contributed by atoms with Crippen molar-refractivity contribution in [3.63, 3.8) is 0 Å². The quantitative estimate of drug-likeness (QED) is 0.632. The van der Waals surface area contributed by atoms with Gasteiger partial charge in [0.2, 0.25) is 10.0 Å². The van der Waals surface area contributed by atoms with Crippen LogP contribution in [0.1, 0.15) is 6.92 Å². The van der Waals surface area contributed by atoms with Gasteiger partial charge >= 0.3 is 5.97 Å². The van der Waals surface area contributed by atoms with E-state index in [2.05, 4.69) is 10.1 Å². The molecule has 1 saturated heterocycles. The van der Waals surface area contributed by atoms with Gasteiger partial charge in [0.25, 0.3) is 0 Å². The van der Waals surface area contributed by atoms with Gasteiger partial charge in [0.05, 0.1) is 13.2 Å². The summed E-state index contributed by atoms with van der Waals surface area (Å²) in [4.78, 5) is 11.3. The molecular weight excluding hydrogens is 246 g/mol. The summed E-state index contributed by atoms with van der Waals surface area (Å²) in [5, 5.41) is 10.5. The lowest BCUT2D eigenvalue weighted by Gasteiger charge is -2.32. The van der Waals surface area contributed by atoms with Crippen LogP contribution in [0.5, 0.6) is 0 Å². The second-order valence-corrected chi connectivity index (χ2v) is 5.88. The first kappa shape index (κ1) is 13.9. The van der Waals surface area contributed by atoms with Crippen molar-refractivity contribution in [1.82, 2.24) is 9.62 Å². The van der Waals surface area contributed by atoms with Gasteiger partial charge < -0.3 is 10.1 Å². The Morgan fingerprint density at radius 3 is 2.82 bits per heavy atom. The Hall–Kier alpha value is -1.17. The highest BCUT2D eigenvalue weighted by molar-refractivity contribution is 7.90. The van der Waals surface area contributed by atoms with Crippen LogP contribution in [0.4, 0.5) is 0 Å². The van der Waals surface area contributed by atoms with Crippen molar-refractivity contribution in [3.8, 4) is 6.07 Å². The number of carbonyl (C=O) groups is 1. The lowest BCUT2D eigenvalue weighted by Crippen LogP contribution is -2.55. The monoisotopic (exact) mass is 261 g/mol. The fourth-order valence-electron chi connectivity index (χ4n) is 1.59. The smallest absolute Gasteiger partial charge is 0.325 e. The van der Waals surface area contributed by atoms with Gasteiger partial charge in [-0.25, -0.2) is 8.42 Å². The molecule has 0 spiro atoms. The third-order valence-corrected chi connectivity index (χ3v) is 4.83. The van der Waals surface area contributed by atoms with E-state index in [4.69, 9.17) is 5.26 Å². The molecule has 1 aliphatic rings. The van der Waals surface area contributed by atoms with Crippen LogP contribution in [-0.4, -0.2) is 56.7 Å². The number of hydrogen-bond acceptors (Lipinski definition) is 6. The largest absolute Gasteiger partial charge is 0.468 e. The highest BCUT2D eigenvalue weighted by Gasteiger charge is 2.39. The molecule has 8 heteroatoms. The first-order valence-electron chi connectivity index (χ1n) is 5.14. The normalized spacial score (nSPS) is 23.7. The topological polar surface area (TPSA) is 99.5 Å². The molecule has 2 unspecified atom stereocenters. The van der Waals surface area contributed by atoms with E-state index in [0.29, 0.717) is 6.54 Å². The molecule has 0 aromatic rings. The molecule has 1 aliphatic heterocycles. The Kier molecular flexibility index (Phi) is 4.45. The summed E-state index contributed by atoms with van der Waals surface area (Å²) in [6.45, 7) is 2.18. The van der Waals surface area contributed by atoms with Gasteiger partial charge in [0, 0.05) is 19.6 Å². The van der Waals surface area contributed by atoms with Crippen LogP contribution in [-0.2, 0) is 19.6 Å². The molecule has 0 saturated carbocycles. The minimum Gasteiger partial charge on any atom is -0.468 e. The molecule has 0 amide bonds. The lowest BCUT2D eigenvalue weighted by atomic mass is 10.3. The van der Waals surface area contributed by atoms with Gasteiger partial charge in [0.15, 0.2) is 5.25 Å². The number of nitriles is 1. The second-order valence-electron chi connectivity index (χ2n) is 3.67. The van der Waals surface area contributed by atoms with Gasteiger partial charge in [-0.1, -0.05) is 0 Å². The number of ether oxygens (including phenoxy) is 1. The van der Waals surface area contributed by atoms with Crippen molar-refractivity contribution in [2.75, 3.05) is 26.7 Å². The van der Waals surface area contributed by atoms with Crippen molar-refractivity contribution in [1.29, 1.82) is 5.26 Å². The fourth-order valence-corrected chi connectivity index (χ4v) is 3.16. The van der Waals surface area contributed by atoms with Crippen molar-refractivity contribution >= 4 is 16.0 Å². The number of piperazine rings is 1. The SMILES string of the molecule is COC(=O)C(C)S(=O)(=O)N1CCNCC1C#N. The molecule has 1 fully saturated rings. The molecular formula is C9H15N3O4S. The summed E-state index contributed by atoms with van der Waals surface area (Å²) in [6.07, 6.45) is 0. The zero-order chi connectivity index (χ0) is 13.1. The third kappa shape index (κ3) is 2.74. The van der Waals surface area contributed by atoms with E-state index in [9.17, 15) is 13.2 Å². The van der Waals surface area contributed by atoms with E-state index in [1.807, 2.05) is 6.07 Å². The molecule has 17 heavy (non-hydrogen) atoms. The van der Waals surface area contributed by atoms with Crippen LogP contribution < -0.4 is 5.32 Å². The zero-order valence-electron chi connectivity index (χ0n) is 9.71. The number of carbonyl (C=O) groups excluding carboxylic acids is 1. The van der Waals surface area contributed by atoms with Gasteiger partial charge in [-0.15, -0.1) is 0 Å². The molecule has 1 rings (SSSR count). The van der Waals surface area contributed by atoms with Gasteiger partial charge in [-0.3, -0.25) is 4.79 Å². The van der Waals surface area contributed by atoms with Gasteiger partial charge in [-0.05, 0) is 6.92 Å². The van der Waals surface area contributed by atoms with Crippen LogP contribution in [0.2, 0.25) is 0 Å². The van der Waals surface area contributed by atoms with Crippen molar-refractivity contribution in [2.24, 2.45) is 0 Å². The Morgan fingerprint density at radius 2 is 2.29 bits per heavy atom. The average molecular weight is 261 g/mol. The molecule has 0 aliphatic carbocycles. The van der Waals surface area contributed by atoms with Crippen LogP contribution in [0.3, 0.4) is 0 Å². The van der Waals surface area contributed by atoms with Crippen LogP contribution in [0.25, 0.3) is 0 Å². The average Bonchev–Trinajstić information content (AvgIpc) is 2.36. The Balaban J connectivity index is 2.96. The number of esters is 1. The van der Waals surface area contributed by atoms with Crippen molar-refractivity contribution in [2.45, 2.75) is 18.2 Å². The predicted molar refractivity (Wildman–Crippen MR) is 59.4 cm³/mol. The van der Waals surface area contributed by atoms with E-state index < -0.39 is 27.3 Å². The number of nitrogens with one attached hydrogen (secondary N) is 1. The molecule has 1 heterocycles. The summed E-state index contributed by atoms with van der Waals surface area (Å²) in [6, 6.07) is 1.13. The molecule has 0 aromatic carbocycles. The predicted octanol–water partition coefficient (Wildman–Crippen LogP) is -1.32. The molecule has 96 valence electrons. The lowest BCUT2D eigenvalue weighted by molar-refractivity contribution is -0.139. The molecule has 0 aromatic heterocycles. The second kappa shape index (κ2) is 5.44. The molecule has 7 nitrogen and oxygen atoms in total. The first-order chi connectivity index (χ1) is 7.95. The van der Waals surface area contributed by atoms with E-state index in [1.54, 1.807) is 0 Å². The van der Waals surface area contributed by atoms with Gasteiger partial charge in [-0.2, -0.15) is 9.57 Å². The van der Waals surface area contributed by atoms with Crippen LogP contribution >= 0.6 is 0 Å². The zero-order valence-corrected chi connectivity index (χ0v) is 10.5. The van der Waals surface area contributed by atoms with Crippen molar-refractivity contribution < 1.29 is 17.9 Å². The van der Waals surface area contributed by atoms with E-state index in [1.165, 1.54) is 6.92 Å². The molecule has 0 bridgehead atoms. The van der Waals surface area contributed by atoms with E-state index >= 15 is 0 Å². The molecule has 1 N–H and O–H groups in total. The third-order valence-electron chi connectivity index (χ3n) is 2.65. The maximum atomic E-state index is 12.1. The standard InChI is InChI=1S/C9H15N3O4S/c1-7(9(13)16-2)17(14,15)12-4-3-11-6-8(12)5-10/h7-8,11H,3-4,6H2,1-2H3. The highest BCUT2D eigenvalue weighted by atomic mass is 32.2. The number of methoxy groups -OCH3 is 1. The van der Waals surface area contributed by atoms with Gasteiger partial charge in [0.1, 0.15) is 6.04 Å². The minimum absolute atomic E-state index is 0.182. The maximum absolute atomic E-state index is 12.1. The highest BCUT2D eigenvalue weighted by Crippen LogP contribution is 2.15. The Morgan fingerprint density at radius 1 is 1.65 bits per heavy atom. The summed E-state index contributed by atoms with van der Waals surface area (Å²) in [7, 11) is -2.71. The summed E-state index contributed by atoms with van der Waals surface area (Å²) in [5.41, 5.74) is 0. The summed E-state index contributed by atoms with van der Waals surface area (Å²) >= 11 is 0. The number of nitrogens with zero attached hydrogens (tertiary/aromatic N) is 2. The minimum atomic E-state index is -3.84. The first-order valence-corrected chi connectivity index (χ1v) is 6.64. The van der Waals surface area contributed by atoms with E-state index in [0.717, 1.165) is 11.4 Å². The summed E-state index contributed by atoms with van der Waals surface area (Å²) < 4.78 is 29.7. The molecule has 2 atom stereocenters. The Bertz CT molecular complexity index is 428. The molecule has 0 radical (unpaired) electrons. The maximum Gasteiger partial charge on any atom is 0.325 e. The Labute approximate surface area is 100 Å². The number of hydrogen-bond donors (Lipinski definition) is 1. The van der Waals surface area contributed by atoms with Crippen LogP contribution in [0, 0.1) is 11.3 Å². The summed E-state index contributed by atoms with van der Waals surface area (Å²) in [5.74, 6) is -0.819. The van der Waals surface area contributed by atoms with E-state index in [-0.39, 0.29) is 13.1 Å². The number of rotatable bonds is 3.